The van der Waals surface area contributed by atoms with Crippen molar-refractivity contribution in [3.05, 3.63) is 29.6 Å². The lowest BCUT2D eigenvalue weighted by atomic mass is 10.1. The van der Waals surface area contributed by atoms with E-state index in [1.165, 1.54) is 0 Å². The molecule has 5 heteroatoms. The Hall–Kier alpha value is -1.46. The van der Waals surface area contributed by atoms with Crippen LogP contribution in [0.3, 0.4) is 0 Å². The molecule has 2 rings (SSSR count). The molecule has 110 valence electrons. The molecule has 1 aromatic heterocycles. The Morgan fingerprint density at radius 3 is 3.20 bits per heavy atom. The summed E-state index contributed by atoms with van der Waals surface area (Å²) in [6, 6.07) is 3.78. The minimum Gasteiger partial charge on any atom is -0.396 e. The van der Waals surface area contributed by atoms with Gasteiger partial charge in [0.05, 0.1) is 17.9 Å². The highest BCUT2D eigenvalue weighted by atomic mass is 16.5. The average Bonchev–Trinajstić information content (AvgIpc) is 2.93. The van der Waals surface area contributed by atoms with Gasteiger partial charge in [-0.2, -0.15) is 0 Å². The van der Waals surface area contributed by atoms with Gasteiger partial charge < -0.3 is 14.7 Å². The lowest BCUT2D eigenvalue weighted by molar-refractivity contribution is 0.0714. The Morgan fingerprint density at radius 2 is 2.45 bits per heavy atom. The molecular formula is C15H22N2O3. The van der Waals surface area contributed by atoms with E-state index in [2.05, 4.69) is 4.98 Å². The van der Waals surface area contributed by atoms with E-state index in [0.29, 0.717) is 25.0 Å². The number of hydrogen-bond donors (Lipinski definition) is 1. The summed E-state index contributed by atoms with van der Waals surface area (Å²) in [6.07, 6.45) is 4.97. The van der Waals surface area contributed by atoms with Crippen LogP contribution in [0, 0.1) is 0 Å². The zero-order valence-electron chi connectivity index (χ0n) is 11.9. The van der Waals surface area contributed by atoms with Crippen molar-refractivity contribution in [3.63, 3.8) is 0 Å². The van der Waals surface area contributed by atoms with Gasteiger partial charge in [0.1, 0.15) is 0 Å². The Morgan fingerprint density at radius 1 is 1.60 bits per heavy atom. The summed E-state index contributed by atoms with van der Waals surface area (Å²) in [6.45, 7) is 1.44. The molecule has 1 aliphatic heterocycles. The second-order valence-electron chi connectivity index (χ2n) is 5.05. The average molecular weight is 278 g/mol. The fourth-order valence-corrected chi connectivity index (χ4v) is 2.74. The highest BCUT2D eigenvalue weighted by Gasteiger charge is 2.30. The van der Waals surface area contributed by atoms with Gasteiger partial charge in [0.2, 0.25) is 0 Å². The quantitative estimate of drug-likeness (QED) is 0.851. The van der Waals surface area contributed by atoms with Crippen molar-refractivity contribution in [1.29, 1.82) is 0 Å². The maximum absolute atomic E-state index is 12.7. The number of aliphatic hydroxyl groups is 1. The lowest BCUT2D eigenvalue weighted by Gasteiger charge is -2.25. The van der Waals surface area contributed by atoms with Crippen molar-refractivity contribution < 1.29 is 14.6 Å². The standard InChI is InChI=1S/C15H22N2O3/c1-20-11-7-14-13(5-2-8-16-14)15(19)17-9-3-4-12(17)6-10-18/h2,5,8,12,18H,3-4,6-7,9-11H2,1H3/t12-/m0/s1. The number of aliphatic hydroxyl groups excluding tert-OH is 1. The van der Waals surface area contributed by atoms with E-state index in [0.717, 1.165) is 25.1 Å². The van der Waals surface area contributed by atoms with Gasteiger partial charge in [-0.05, 0) is 31.4 Å². The number of pyridine rings is 1. The second-order valence-corrected chi connectivity index (χ2v) is 5.05. The van der Waals surface area contributed by atoms with E-state index >= 15 is 0 Å². The summed E-state index contributed by atoms with van der Waals surface area (Å²) in [5.74, 6) is 0.0279. The summed E-state index contributed by atoms with van der Waals surface area (Å²) in [5, 5.41) is 9.10. The number of ether oxygens (including phenoxy) is 1. The zero-order chi connectivity index (χ0) is 14.4. The number of likely N-dealkylation sites (tertiary alicyclic amines) is 1. The molecule has 0 unspecified atom stereocenters. The molecule has 0 aromatic carbocycles. The van der Waals surface area contributed by atoms with Crippen LogP contribution < -0.4 is 0 Å². The smallest absolute Gasteiger partial charge is 0.255 e. The van der Waals surface area contributed by atoms with E-state index < -0.39 is 0 Å². The maximum atomic E-state index is 12.7. The molecule has 1 atom stereocenters. The van der Waals surface area contributed by atoms with Crippen molar-refractivity contribution in [1.82, 2.24) is 9.88 Å². The fraction of sp³-hybridized carbons (Fsp3) is 0.600. The number of hydrogen-bond acceptors (Lipinski definition) is 4. The van der Waals surface area contributed by atoms with Crippen LogP contribution in [0.15, 0.2) is 18.3 Å². The third-order valence-electron chi connectivity index (χ3n) is 3.76. The number of methoxy groups -OCH3 is 1. The van der Waals surface area contributed by atoms with Crippen LogP contribution >= 0.6 is 0 Å². The van der Waals surface area contributed by atoms with Gasteiger partial charge in [-0.25, -0.2) is 0 Å². The van der Waals surface area contributed by atoms with Gasteiger partial charge in [0.25, 0.3) is 5.91 Å². The number of carbonyl (C=O) groups excluding carboxylic acids is 1. The van der Waals surface area contributed by atoms with Gasteiger partial charge in [-0.1, -0.05) is 0 Å². The summed E-state index contributed by atoms with van der Waals surface area (Å²) in [7, 11) is 1.64. The molecule has 0 spiro atoms. The fourth-order valence-electron chi connectivity index (χ4n) is 2.74. The number of carbonyl (C=O) groups is 1. The van der Waals surface area contributed by atoms with E-state index in [-0.39, 0.29) is 18.6 Å². The molecule has 2 heterocycles. The first-order chi connectivity index (χ1) is 9.77. The van der Waals surface area contributed by atoms with Gasteiger partial charge in [-0.3, -0.25) is 9.78 Å². The Balaban J connectivity index is 2.15. The van der Waals surface area contributed by atoms with E-state index in [4.69, 9.17) is 9.84 Å². The molecule has 1 aliphatic rings. The first-order valence-electron chi connectivity index (χ1n) is 7.12. The molecule has 1 aromatic rings. The zero-order valence-corrected chi connectivity index (χ0v) is 11.9. The molecule has 0 bridgehead atoms. The summed E-state index contributed by atoms with van der Waals surface area (Å²) < 4.78 is 5.07. The van der Waals surface area contributed by atoms with Crippen LogP contribution in [0.5, 0.6) is 0 Å². The van der Waals surface area contributed by atoms with Gasteiger partial charge in [0.15, 0.2) is 0 Å². The maximum Gasteiger partial charge on any atom is 0.255 e. The highest BCUT2D eigenvalue weighted by Crippen LogP contribution is 2.23. The van der Waals surface area contributed by atoms with Crippen molar-refractivity contribution in [3.8, 4) is 0 Å². The van der Waals surface area contributed by atoms with Gasteiger partial charge in [0, 0.05) is 38.9 Å². The minimum absolute atomic E-state index is 0.0279. The molecule has 0 radical (unpaired) electrons. The minimum atomic E-state index is 0.0279. The SMILES string of the molecule is COCCc1ncccc1C(=O)N1CCC[C@H]1CCO. The first-order valence-corrected chi connectivity index (χ1v) is 7.12. The number of amides is 1. The summed E-state index contributed by atoms with van der Waals surface area (Å²) in [5.41, 5.74) is 1.45. The van der Waals surface area contributed by atoms with Crippen LogP contribution in [-0.4, -0.2) is 53.8 Å². The topological polar surface area (TPSA) is 62.7 Å². The molecule has 5 nitrogen and oxygen atoms in total. The predicted octanol–water partition coefficient (Wildman–Crippen LogP) is 1.26. The van der Waals surface area contributed by atoms with E-state index in [1.807, 2.05) is 11.0 Å². The number of aromatic nitrogens is 1. The van der Waals surface area contributed by atoms with E-state index in [1.54, 1.807) is 19.4 Å². The van der Waals surface area contributed by atoms with Crippen molar-refractivity contribution in [2.24, 2.45) is 0 Å². The van der Waals surface area contributed by atoms with Crippen LogP contribution in [0.25, 0.3) is 0 Å². The van der Waals surface area contributed by atoms with Crippen molar-refractivity contribution in [2.45, 2.75) is 31.7 Å². The Labute approximate surface area is 119 Å². The molecule has 1 fully saturated rings. The largest absolute Gasteiger partial charge is 0.396 e. The lowest BCUT2D eigenvalue weighted by Crippen LogP contribution is -2.36. The second kappa shape index (κ2) is 7.36. The molecular weight excluding hydrogens is 256 g/mol. The molecule has 0 saturated carbocycles. The highest BCUT2D eigenvalue weighted by molar-refractivity contribution is 5.95. The number of nitrogens with zero attached hydrogens (tertiary/aromatic N) is 2. The monoisotopic (exact) mass is 278 g/mol. The summed E-state index contributed by atoms with van der Waals surface area (Å²) >= 11 is 0. The Bertz CT molecular complexity index is 450. The molecule has 1 saturated heterocycles. The van der Waals surface area contributed by atoms with Crippen LogP contribution in [0.1, 0.15) is 35.3 Å². The molecule has 1 N–H and O–H groups in total. The van der Waals surface area contributed by atoms with Crippen LogP contribution in [-0.2, 0) is 11.2 Å². The third kappa shape index (κ3) is 3.35. The molecule has 20 heavy (non-hydrogen) atoms. The Kier molecular flexibility index (Phi) is 5.49. The van der Waals surface area contributed by atoms with Crippen molar-refractivity contribution >= 4 is 5.91 Å². The third-order valence-corrected chi connectivity index (χ3v) is 3.76. The van der Waals surface area contributed by atoms with Crippen LogP contribution in [0.2, 0.25) is 0 Å². The van der Waals surface area contributed by atoms with Gasteiger partial charge >= 0.3 is 0 Å². The number of rotatable bonds is 6. The van der Waals surface area contributed by atoms with Gasteiger partial charge in [-0.15, -0.1) is 0 Å². The molecule has 1 amide bonds. The summed E-state index contributed by atoms with van der Waals surface area (Å²) in [4.78, 5) is 18.9. The van der Waals surface area contributed by atoms with E-state index in [9.17, 15) is 4.79 Å². The first kappa shape index (κ1) is 14.9. The predicted molar refractivity (Wildman–Crippen MR) is 75.6 cm³/mol. The normalized spacial score (nSPS) is 18.5. The molecule has 0 aliphatic carbocycles. The van der Waals surface area contributed by atoms with Crippen molar-refractivity contribution in [2.75, 3.05) is 26.9 Å². The van der Waals surface area contributed by atoms with Crippen LogP contribution in [0.4, 0.5) is 0 Å².